The van der Waals surface area contributed by atoms with Gasteiger partial charge < -0.3 is 0 Å². The Morgan fingerprint density at radius 2 is 0.889 bits per heavy atom. The summed E-state index contributed by atoms with van der Waals surface area (Å²) < 4.78 is 0. The first-order valence-electron chi connectivity index (χ1n) is 3.15. The first-order valence-corrected chi connectivity index (χ1v) is 3.15. The van der Waals surface area contributed by atoms with Crippen LogP contribution < -0.4 is 0 Å². The van der Waals surface area contributed by atoms with Gasteiger partial charge >= 0.3 is 0 Å². The van der Waals surface area contributed by atoms with Gasteiger partial charge in [-0.2, -0.15) is 0 Å². The molecular formula is C9H26. The largest absolute Gasteiger partial charge is 0.0776 e. The van der Waals surface area contributed by atoms with Crippen molar-refractivity contribution < 1.29 is 0 Å². The van der Waals surface area contributed by atoms with E-state index in [9.17, 15) is 0 Å². The highest BCUT2D eigenvalue weighted by atomic mass is 13.7. The summed E-state index contributed by atoms with van der Waals surface area (Å²) in [6.45, 7) is 10.8. The lowest BCUT2D eigenvalue weighted by Gasteiger charge is -1.79. The molecular weight excluding hydrogens is 108 g/mol. The molecule has 0 aliphatic carbocycles. The Balaban J connectivity index is -0.0000000233. The van der Waals surface area contributed by atoms with Crippen molar-refractivity contribution in [3.63, 3.8) is 0 Å². The van der Waals surface area contributed by atoms with Gasteiger partial charge in [0.1, 0.15) is 0 Å². The smallest absolute Gasteiger partial charge is 0.0500 e. The summed E-state index contributed by atoms with van der Waals surface area (Å²) in [7, 11) is 0. The molecule has 0 heterocycles. The minimum Gasteiger partial charge on any atom is -0.0776 e. The molecule has 0 saturated heterocycles. The fourth-order valence-corrected chi connectivity index (χ4v) is 0. The van der Waals surface area contributed by atoms with Crippen LogP contribution in [0.4, 0.5) is 0 Å². The fraction of sp³-hybridized carbons (Fsp3) is 1.00. The average Bonchev–Trinajstić information content (AvgIpc) is 1.33. The van der Waals surface area contributed by atoms with Crippen molar-refractivity contribution in [2.75, 3.05) is 0 Å². The van der Waals surface area contributed by atoms with E-state index in [0.29, 0.717) is 0 Å². The van der Waals surface area contributed by atoms with Crippen LogP contribution >= 0.6 is 0 Å². The molecule has 0 saturated carbocycles. The second kappa shape index (κ2) is 24.5. The molecule has 0 nitrogen and oxygen atoms in total. The molecule has 0 unspecified atom stereocenters. The highest BCUT2D eigenvalue weighted by Gasteiger charge is 1.68. The van der Waals surface area contributed by atoms with Crippen molar-refractivity contribution in [2.24, 2.45) is 5.92 Å². The minimum atomic E-state index is 0. The highest BCUT2D eigenvalue weighted by Crippen LogP contribution is 1.81. The Bertz CT molecular complexity index is 11.2. The molecule has 0 aromatic heterocycles. The van der Waals surface area contributed by atoms with E-state index in [1.165, 1.54) is 6.42 Å². The maximum atomic E-state index is 2.17. The third-order valence-electron chi connectivity index (χ3n) is 0. The second-order valence-corrected chi connectivity index (χ2v) is 2.44. The van der Waals surface area contributed by atoms with E-state index < -0.39 is 0 Å². The van der Waals surface area contributed by atoms with Gasteiger partial charge in [0, 0.05) is 0 Å². The van der Waals surface area contributed by atoms with Crippen LogP contribution in [0.25, 0.3) is 0 Å². The van der Waals surface area contributed by atoms with Crippen LogP contribution in [0.5, 0.6) is 0 Å². The van der Waals surface area contributed by atoms with Gasteiger partial charge in [-0.1, -0.05) is 55.9 Å². The fourth-order valence-electron chi connectivity index (χ4n) is 0. The topological polar surface area (TPSA) is 0 Å². The van der Waals surface area contributed by atoms with E-state index in [4.69, 9.17) is 0 Å². The van der Waals surface area contributed by atoms with E-state index in [1.807, 2.05) is 0 Å². The third-order valence-corrected chi connectivity index (χ3v) is 0. The molecule has 0 aromatic carbocycles. The number of hydrogen-bond acceptors (Lipinski definition) is 0. The van der Waals surface area contributed by atoms with Crippen molar-refractivity contribution in [1.29, 1.82) is 0 Å². The van der Waals surface area contributed by atoms with Crippen LogP contribution in [0.1, 0.15) is 55.9 Å². The molecule has 0 radical (unpaired) electrons. The molecule has 0 heteroatoms. The van der Waals surface area contributed by atoms with Crippen LogP contribution in [0.15, 0.2) is 0 Å². The SMILES string of the molecule is C.C.CC(C)C.CCC. The molecule has 9 heavy (non-hydrogen) atoms. The lowest BCUT2D eigenvalue weighted by molar-refractivity contribution is 0.737. The van der Waals surface area contributed by atoms with Crippen LogP contribution in [0.2, 0.25) is 0 Å². The normalized spacial score (nSPS) is 6.00. The van der Waals surface area contributed by atoms with E-state index >= 15 is 0 Å². The summed E-state index contributed by atoms with van der Waals surface area (Å²) in [6.07, 6.45) is 1.25. The Kier molecular flexibility index (Phi) is 62.7. The molecule has 0 atom stereocenters. The third kappa shape index (κ3) is 0. The summed E-state index contributed by atoms with van der Waals surface area (Å²) in [5, 5.41) is 0. The average molecular weight is 134 g/mol. The lowest BCUT2D eigenvalue weighted by Crippen LogP contribution is -1.66. The van der Waals surface area contributed by atoms with E-state index in [-0.39, 0.29) is 14.9 Å². The number of rotatable bonds is 0. The van der Waals surface area contributed by atoms with Gasteiger partial charge in [-0.15, -0.1) is 0 Å². The van der Waals surface area contributed by atoms with Crippen molar-refractivity contribution in [1.82, 2.24) is 0 Å². The summed E-state index contributed by atoms with van der Waals surface area (Å²) in [6, 6.07) is 0. The molecule has 0 amide bonds. The standard InChI is InChI=1S/C4H10.C3H8.2CH4/c1-4(2)3;1-3-2;;/h4H,1-3H3;3H2,1-2H3;2*1H4. The molecule has 0 aromatic rings. The summed E-state index contributed by atoms with van der Waals surface area (Å²) in [5.74, 6) is 0.833. The zero-order chi connectivity index (χ0) is 6.28. The summed E-state index contributed by atoms with van der Waals surface area (Å²) >= 11 is 0. The van der Waals surface area contributed by atoms with Gasteiger partial charge in [0.25, 0.3) is 0 Å². The van der Waals surface area contributed by atoms with Gasteiger partial charge in [-0.25, -0.2) is 0 Å². The lowest BCUT2D eigenvalue weighted by atomic mass is 10.3. The van der Waals surface area contributed by atoms with Gasteiger partial charge in [0.15, 0.2) is 0 Å². The second-order valence-electron chi connectivity index (χ2n) is 2.44. The van der Waals surface area contributed by atoms with Gasteiger partial charge in [-0.3, -0.25) is 0 Å². The van der Waals surface area contributed by atoms with Crippen molar-refractivity contribution >= 4 is 0 Å². The molecule has 0 aliphatic heterocycles. The zero-order valence-electron chi connectivity index (χ0n) is 6.28. The predicted octanol–water partition coefficient (Wildman–Crippen LogP) is 4.35. The molecule has 0 fully saturated rings. The van der Waals surface area contributed by atoms with Crippen LogP contribution in [-0.2, 0) is 0 Å². The Morgan fingerprint density at radius 3 is 0.889 bits per heavy atom. The molecule has 0 bridgehead atoms. The first-order chi connectivity index (χ1) is 3.15. The van der Waals surface area contributed by atoms with Crippen molar-refractivity contribution in [2.45, 2.75) is 55.9 Å². The van der Waals surface area contributed by atoms with E-state index in [2.05, 4.69) is 34.6 Å². The minimum absolute atomic E-state index is 0. The predicted molar refractivity (Wildman–Crippen MR) is 49.9 cm³/mol. The Morgan fingerprint density at radius 1 is 0.889 bits per heavy atom. The van der Waals surface area contributed by atoms with E-state index in [1.54, 1.807) is 0 Å². The highest BCUT2D eigenvalue weighted by molar-refractivity contribution is 4.20. The Hall–Kier alpha value is 0. The molecule has 0 spiro atoms. The molecule has 62 valence electrons. The van der Waals surface area contributed by atoms with Gasteiger partial charge in [0.2, 0.25) is 0 Å². The zero-order valence-corrected chi connectivity index (χ0v) is 6.28. The summed E-state index contributed by atoms with van der Waals surface area (Å²) in [5.41, 5.74) is 0. The number of hydrogen-bond donors (Lipinski definition) is 0. The van der Waals surface area contributed by atoms with Crippen LogP contribution in [0.3, 0.4) is 0 Å². The van der Waals surface area contributed by atoms with E-state index in [0.717, 1.165) is 5.92 Å². The maximum Gasteiger partial charge on any atom is -0.0500 e. The van der Waals surface area contributed by atoms with Gasteiger partial charge in [-0.05, 0) is 5.92 Å². The molecule has 0 N–H and O–H groups in total. The van der Waals surface area contributed by atoms with Crippen LogP contribution in [0, 0.1) is 5.92 Å². The first kappa shape index (κ1) is 23.0. The van der Waals surface area contributed by atoms with Gasteiger partial charge in [0.05, 0.1) is 0 Å². The summed E-state index contributed by atoms with van der Waals surface area (Å²) in [4.78, 5) is 0. The molecule has 0 rings (SSSR count). The van der Waals surface area contributed by atoms with Crippen LogP contribution in [-0.4, -0.2) is 0 Å². The monoisotopic (exact) mass is 134 g/mol. The van der Waals surface area contributed by atoms with Crippen molar-refractivity contribution in [3.8, 4) is 0 Å². The maximum absolute atomic E-state index is 2.17. The van der Waals surface area contributed by atoms with Crippen molar-refractivity contribution in [3.05, 3.63) is 0 Å². The Labute approximate surface area is 62.7 Å². The molecule has 0 aliphatic rings. The quantitative estimate of drug-likeness (QED) is 0.462.